The quantitative estimate of drug-likeness (QED) is 0.436. The monoisotopic (exact) mass is 352 g/mol. The zero-order valence-corrected chi connectivity index (χ0v) is 15.3. The number of hydrogen-bond donors (Lipinski definition) is 0. The molecular weight excluding hydrogens is 327 g/mol. The van der Waals surface area contributed by atoms with Crippen molar-refractivity contribution in [1.29, 1.82) is 0 Å². The van der Waals surface area contributed by atoms with Gasteiger partial charge in [0.05, 0.1) is 6.00 Å². The fourth-order valence-corrected chi connectivity index (χ4v) is 3.36. The maximum atomic E-state index is 12.0. The standard InChI is InChI=1S/C21H25BO4/c1-15-9-11-17(12-10-15)25-21(23)24-14-19-18(13-20(22)26-19)16-7-5-3-2-4-6-8-16/h7,9-12,20H,2-6,8,13-14H2,1H3/t20-/m1/s1. The number of aryl methyl sites for hydroxylation is 1. The summed E-state index contributed by atoms with van der Waals surface area (Å²) in [7, 11) is 5.97. The maximum Gasteiger partial charge on any atom is 0.514 e. The lowest BCUT2D eigenvalue weighted by molar-refractivity contribution is 0.0856. The molecule has 0 amide bonds. The van der Waals surface area contributed by atoms with Crippen molar-refractivity contribution in [2.45, 2.75) is 57.9 Å². The molecule has 1 aliphatic heterocycles. The lowest BCUT2D eigenvalue weighted by atomic mass is 9.88. The fraction of sp³-hybridized carbons (Fsp3) is 0.476. The summed E-state index contributed by atoms with van der Waals surface area (Å²) in [5, 5.41) is 0. The van der Waals surface area contributed by atoms with Crippen molar-refractivity contribution in [3.05, 3.63) is 52.8 Å². The van der Waals surface area contributed by atoms with Crippen LogP contribution >= 0.6 is 0 Å². The van der Waals surface area contributed by atoms with Crippen LogP contribution in [0.15, 0.2) is 47.2 Å². The molecule has 0 saturated carbocycles. The maximum absolute atomic E-state index is 12.0. The number of benzene rings is 1. The molecule has 0 unspecified atom stereocenters. The van der Waals surface area contributed by atoms with Gasteiger partial charge in [0.1, 0.15) is 19.4 Å². The van der Waals surface area contributed by atoms with Crippen molar-refractivity contribution in [2.75, 3.05) is 6.61 Å². The molecule has 26 heavy (non-hydrogen) atoms. The average molecular weight is 352 g/mol. The van der Waals surface area contributed by atoms with Crippen molar-refractivity contribution in [1.82, 2.24) is 0 Å². The van der Waals surface area contributed by atoms with Crippen LogP contribution in [0.1, 0.15) is 50.5 Å². The van der Waals surface area contributed by atoms with Crippen LogP contribution in [-0.2, 0) is 9.47 Å². The third kappa shape index (κ3) is 5.17. The van der Waals surface area contributed by atoms with E-state index in [9.17, 15) is 4.79 Å². The summed E-state index contributed by atoms with van der Waals surface area (Å²) in [5.41, 5.74) is 3.49. The highest BCUT2D eigenvalue weighted by molar-refractivity contribution is 6.11. The molecule has 5 heteroatoms. The molecule has 1 aromatic rings. The second kappa shape index (κ2) is 8.97. The molecular formula is C21H25BO4. The molecule has 2 radical (unpaired) electrons. The van der Waals surface area contributed by atoms with Crippen molar-refractivity contribution in [3.63, 3.8) is 0 Å². The molecule has 1 aromatic carbocycles. The SMILES string of the molecule is [B][C@H]1CC(C2=CCCCCCC2)=C(COC(=O)Oc2ccc(C)cc2)O1. The molecule has 0 bridgehead atoms. The Morgan fingerprint density at radius 3 is 2.77 bits per heavy atom. The van der Waals surface area contributed by atoms with E-state index >= 15 is 0 Å². The highest BCUT2D eigenvalue weighted by Crippen LogP contribution is 2.33. The molecule has 4 nitrogen and oxygen atoms in total. The molecule has 0 saturated heterocycles. The van der Waals surface area contributed by atoms with E-state index < -0.39 is 6.16 Å². The second-order valence-corrected chi connectivity index (χ2v) is 6.90. The van der Waals surface area contributed by atoms with Gasteiger partial charge < -0.3 is 14.2 Å². The second-order valence-electron chi connectivity index (χ2n) is 6.90. The van der Waals surface area contributed by atoms with Crippen LogP contribution < -0.4 is 4.74 Å². The van der Waals surface area contributed by atoms with Gasteiger partial charge >= 0.3 is 6.16 Å². The predicted octanol–water partition coefficient (Wildman–Crippen LogP) is 4.96. The summed E-state index contributed by atoms with van der Waals surface area (Å²) in [5.74, 6) is 1.12. The molecule has 1 atom stereocenters. The normalized spacial score (nSPS) is 20.7. The number of carbonyl (C=O) groups excluding carboxylic acids is 1. The average Bonchev–Trinajstić information content (AvgIpc) is 2.95. The number of ether oxygens (including phenoxy) is 3. The molecule has 0 spiro atoms. The Kier molecular flexibility index (Phi) is 6.43. The molecule has 3 rings (SSSR count). The lowest BCUT2D eigenvalue weighted by Gasteiger charge is -2.13. The van der Waals surface area contributed by atoms with Gasteiger partial charge in [0.15, 0.2) is 6.61 Å². The molecule has 0 aromatic heterocycles. The highest BCUT2D eigenvalue weighted by atomic mass is 16.7. The van der Waals surface area contributed by atoms with Crippen LogP contribution in [0.25, 0.3) is 0 Å². The Labute approximate surface area is 156 Å². The van der Waals surface area contributed by atoms with E-state index in [1.54, 1.807) is 12.1 Å². The van der Waals surface area contributed by atoms with Crippen LogP contribution in [-0.4, -0.2) is 26.6 Å². The topological polar surface area (TPSA) is 44.8 Å². The van der Waals surface area contributed by atoms with Gasteiger partial charge in [0, 0.05) is 6.42 Å². The minimum Gasteiger partial charge on any atom is -0.501 e. The summed E-state index contributed by atoms with van der Waals surface area (Å²) in [4.78, 5) is 12.0. The smallest absolute Gasteiger partial charge is 0.501 e. The summed E-state index contributed by atoms with van der Waals surface area (Å²) in [6.07, 6.45) is 9.27. The van der Waals surface area contributed by atoms with Gasteiger partial charge in [0.2, 0.25) is 0 Å². The van der Waals surface area contributed by atoms with E-state index in [1.807, 2.05) is 19.1 Å². The Morgan fingerprint density at radius 1 is 1.19 bits per heavy atom. The summed E-state index contributed by atoms with van der Waals surface area (Å²) in [6.45, 7) is 2.02. The van der Waals surface area contributed by atoms with E-state index in [0.717, 1.165) is 24.0 Å². The Balaban J connectivity index is 1.62. The number of hydrogen-bond acceptors (Lipinski definition) is 4. The molecule has 136 valence electrons. The van der Waals surface area contributed by atoms with E-state index in [0.29, 0.717) is 17.9 Å². The predicted molar refractivity (Wildman–Crippen MR) is 101 cm³/mol. The van der Waals surface area contributed by atoms with Gasteiger partial charge in [-0.15, -0.1) is 0 Å². The van der Waals surface area contributed by atoms with Crippen LogP contribution in [0, 0.1) is 6.92 Å². The van der Waals surface area contributed by atoms with Gasteiger partial charge in [0.25, 0.3) is 0 Å². The van der Waals surface area contributed by atoms with Crippen molar-refractivity contribution < 1.29 is 19.0 Å². The van der Waals surface area contributed by atoms with Gasteiger partial charge in [-0.3, -0.25) is 0 Å². The molecule has 0 fully saturated rings. The summed E-state index contributed by atoms with van der Waals surface area (Å²) >= 11 is 0. The number of allylic oxidation sites excluding steroid dienone is 2. The first kappa shape index (κ1) is 18.6. The van der Waals surface area contributed by atoms with Gasteiger partial charge in [-0.1, -0.05) is 36.6 Å². The van der Waals surface area contributed by atoms with E-state index in [2.05, 4.69) is 6.08 Å². The van der Waals surface area contributed by atoms with Crippen molar-refractivity contribution >= 4 is 14.0 Å². The minimum atomic E-state index is -0.739. The third-order valence-corrected chi connectivity index (χ3v) is 4.76. The largest absolute Gasteiger partial charge is 0.514 e. The zero-order chi connectivity index (χ0) is 18.4. The Morgan fingerprint density at radius 2 is 1.96 bits per heavy atom. The van der Waals surface area contributed by atoms with Crippen molar-refractivity contribution in [3.8, 4) is 5.75 Å². The Hall–Kier alpha value is -2.17. The van der Waals surface area contributed by atoms with E-state index in [1.165, 1.54) is 31.3 Å². The van der Waals surface area contributed by atoms with Crippen LogP contribution in [0.4, 0.5) is 4.79 Å². The van der Waals surface area contributed by atoms with E-state index in [4.69, 9.17) is 22.1 Å². The molecule has 1 heterocycles. The number of rotatable bonds is 4. The zero-order valence-electron chi connectivity index (χ0n) is 15.3. The Bertz CT molecular complexity index is 690. The first-order chi connectivity index (χ1) is 12.6. The highest BCUT2D eigenvalue weighted by Gasteiger charge is 2.25. The van der Waals surface area contributed by atoms with Gasteiger partial charge in [-0.2, -0.15) is 0 Å². The lowest BCUT2D eigenvalue weighted by Crippen LogP contribution is -2.14. The van der Waals surface area contributed by atoms with Crippen LogP contribution in [0.5, 0.6) is 5.75 Å². The number of carbonyl (C=O) groups is 1. The summed E-state index contributed by atoms with van der Waals surface area (Å²) in [6, 6.07) is 6.86. The first-order valence-electron chi connectivity index (χ1n) is 9.37. The molecule has 1 aliphatic carbocycles. The fourth-order valence-electron chi connectivity index (χ4n) is 3.36. The van der Waals surface area contributed by atoms with Crippen LogP contribution in [0.2, 0.25) is 0 Å². The summed E-state index contributed by atoms with van der Waals surface area (Å²) < 4.78 is 16.1. The molecule has 2 aliphatic rings. The van der Waals surface area contributed by atoms with Gasteiger partial charge in [-0.25, -0.2) is 4.79 Å². The van der Waals surface area contributed by atoms with Crippen molar-refractivity contribution in [2.24, 2.45) is 0 Å². The minimum absolute atomic E-state index is 0.0467. The van der Waals surface area contributed by atoms with Crippen LogP contribution in [0.3, 0.4) is 0 Å². The molecule has 0 N–H and O–H groups in total. The first-order valence-corrected chi connectivity index (χ1v) is 9.37. The third-order valence-electron chi connectivity index (χ3n) is 4.76. The van der Waals surface area contributed by atoms with E-state index in [-0.39, 0.29) is 12.6 Å². The van der Waals surface area contributed by atoms with Gasteiger partial charge in [-0.05, 0) is 55.9 Å².